The number of rotatable bonds is 1. The first-order chi connectivity index (χ1) is 6.02. The molecule has 0 atom stereocenters. The maximum atomic E-state index is 6.30. The summed E-state index contributed by atoms with van der Waals surface area (Å²) in [5.74, 6) is 0. The molecule has 0 amide bonds. The predicted molar refractivity (Wildman–Crippen MR) is 62.6 cm³/mol. The van der Waals surface area contributed by atoms with Crippen molar-refractivity contribution in [1.29, 1.82) is 0 Å². The van der Waals surface area contributed by atoms with Crippen LogP contribution in [0.15, 0.2) is 30.3 Å². The van der Waals surface area contributed by atoms with Crippen molar-refractivity contribution in [3.05, 3.63) is 35.9 Å². The number of halogens is 1. The Morgan fingerprint density at radius 2 is 1.57 bits per heavy atom. The lowest BCUT2D eigenvalue weighted by atomic mass is 9.57. The van der Waals surface area contributed by atoms with Crippen LogP contribution in [-0.2, 0) is 5.54 Å². The minimum atomic E-state index is -0.0508. The molecule has 0 bridgehead atoms. The Morgan fingerprint density at radius 1 is 1.07 bits per heavy atom. The van der Waals surface area contributed by atoms with Gasteiger partial charge in [0.25, 0.3) is 0 Å². The summed E-state index contributed by atoms with van der Waals surface area (Å²) in [7, 11) is 0. The van der Waals surface area contributed by atoms with Gasteiger partial charge in [-0.25, -0.2) is 0 Å². The van der Waals surface area contributed by atoms with Crippen LogP contribution in [0.4, 0.5) is 0 Å². The Hall–Kier alpha value is -0.530. The average Bonchev–Trinajstić information content (AvgIpc) is 2.02. The number of hydrogen-bond acceptors (Lipinski definition) is 1. The van der Waals surface area contributed by atoms with E-state index in [2.05, 4.69) is 38.1 Å². The molecule has 1 nitrogen and oxygen atoms in total. The van der Waals surface area contributed by atoms with E-state index in [1.54, 1.807) is 0 Å². The van der Waals surface area contributed by atoms with Crippen LogP contribution in [0.25, 0.3) is 0 Å². The van der Waals surface area contributed by atoms with Gasteiger partial charge in [0.2, 0.25) is 0 Å². The molecule has 2 heteroatoms. The third-order valence-electron chi connectivity index (χ3n) is 2.94. The summed E-state index contributed by atoms with van der Waals surface area (Å²) in [5, 5.41) is 0. The molecule has 14 heavy (non-hydrogen) atoms. The van der Waals surface area contributed by atoms with E-state index in [0.717, 1.165) is 12.8 Å². The first kappa shape index (κ1) is 11.5. The normalized spacial score (nSPS) is 21.9. The zero-order chi connectivity index (χ0) is 9.53. The molecule has 1 fully saturated rings. The van der Waals surface area contributed by atoms with Gasteiger partial charge in [-0.3, -0.25) is 0 Å². The molecule has 0 spiro atoms. The molecule has 0 unspecified atom stereocenters. The number of nitrogens with two attached hydrogens (primary N) is 1. The van der Waals surface area contributed by atoms with Gasteiger partial charge in [0, 0.05) is 5.54 Å². The van der Waals surface area contributed by atoms with E-state index < -0.39 is 0 Å². The highest BCUT2D eigenvalue weighted by molar-refractivity contribution is 5.85. The second-order valence-corrected chi connectivity index (χ2v) is 5.04. The van der Waals surface area contributed by atoms with E-state index in [4.69, 9.17) is 5.73 Å². The standard InChI is InChI=1S/C12H17N.ClH/c1-11(2)8-12(13,9-11)10-6-4-3-5-7-10;/h3-7H,8-9,13H2,1-2H3;1H. The lowest BCUT2D eigenvalue weighted by Crippen LogP contribution is -2.53. The van der Waals surface area contributed by atoms with Crippen LogP contribution in [0, 0.1) is 5.41 Å². The Kier molecular flexibility index (Phi) is 2.93. The van der Waals surface area contributed by atoms with Crippen LogP contribution in [0.3, 0.4) is 0 Å². The van der Waals surface area contributed by atoms with Crippen molar-refractivity contribution in [2.24, 2.45) is 11.1 Å². The molecule has 0 aromatic heterocycles. The van der Waals surface area contributed by atoms with E-state index >= 15 is 0 Å². The Balaban J connectivity index is 0.000000980. The number of hydrogen-bond donors (Lipinski definition) is 1. The first-order valence-electron chi connectivity index (χ1n) is 4.86. The van der Waals surface area contributed by atoms with E-state index in [1.807, 2.05) is 6.07 Å². The van der Waals surface area contributed by atoms with Crippen LogP contribution in [0.2, 0.25) is 0 Å². The molecule has 0 radical (unpaired) electrons. The molecule has 0 aliphatic heterocycles. The van der Waals surface area contributed by atoms with Gasteiger partial charge in [0.05, 0.1) is 0 Å². The second-order valence-electron chi connectivity index (χ2n) is 5.04. The van der Waals surface area contributed by atoms with Crippen LogP contribution in [0.5, 0.6) is 0 Å². The van der Waals surface area contributed by atoms with Gasteiger partial charge in [0.1, 0.15) is 0 Å². The van der Waals surface area contributed by atoms with Gasteiger partial charge in [-0.1, -0.05) is 44.2 Å². The van der Waals surface area contributed by atoms with Gasteiger partial charge in [-0.2, -0.15) is 0 Å². The van der Waals surface area contributed by atoms with Crippen molar-refractivity contribution in [3.63, 3.8) is 0 Å². The summed E-state index contributed by atoms with van der Waals surface area (Å²) in [6.45, 7) is 4.56. The Bertz CT molecular complexity index is 297. The molecule has 78 valence electrons. The average molecular weight is 212 g/mol. The summed E-state index contributed by atoms with van der Waals surface area (Å²) in [6, 6.07) is 10.4. The van der Waals surface area contributed by atoms with E-state index in [9.17, 15) is 0 Å². The molecule has 1 saturated carbocycles. The van der Waals surface area contributed by atoms with Crippen molar-refractivity contribution in [1.82, 2.24) is 0 Å². The third-order valence-corrected chi connectivity index (χ3v) is 2.94. The van der Waals surface area contributed by atoms with Gasteiger partial charge in [0.15, 0.2) is 0 Å². The minimum Gasteiger partial charge on any atom is -0.321 e. The minimum absolute atomic E-state index is 0. The first-order valence-corrected chi connectivity index (χ1v) is 4.86. The lowest BCUT2D eigenvalue weighted by molar-refractivity contribution is 0.0618. The molecule has 0 heterocycles. The fourth-order valence-electron chi connectivity index (χ4n) is 2.63. The van der Waals surface area contributed by atoms with Crippen molar-refractivity contribution in [2.45, 2.75) is 32.2 Å². The van der Waals surface area contributed by atoms with Crippen LogP contribution in [-0.4, -0.2) is 0 Å². The highest BCUT2D eigenvalue weighted by Crippen LogP contribution is 2.51. The molecular formula is C12H18ClN. The fourth-order valence-corrected chi connectivity index (χ4v) is 2.63. The zero-order valence-electron chi connectivity index (χ0n) is 8.79. The molecule has 0 saturated heterocycles. The van der Waals surface area contributed by atoms with Crippen LogP contribution < -0.4 is 5.73 Å². The van der Waals surface area contributed by atoms with Crippen molar-refractivity contribution >= 4 is 12.4 Å². The molecule has 2 rings (SSSR count). The van der Waals surface area contributed by atoms with Gasteiger partial charge >= 0.3 is 0 Å². The SMILES string of the molecule is CC1(C)CC(N)(c2ccccc2)C1.Cl. The molecule has 2 N–H and O–H groups in total. The molecular weight excluding hydrogens is 194 g/mol. The zero-order valence-corrected chi connectivity index (χ0v) is 9.60. The third kappa shape index (κ3) is 1.94. The monoisotopic (exact) mass is 211 g/mol. The van der Waals surface area contributed by atoms with Gasteiger partial charge < -0.3 is 5.73 Å². The molecule has 1 aliphatic rings. The summed E-state index contributed by atoms with van der Waals surface area (Å²) < 4.78 is 0. The maximum Gasteiger partial charge on any atom is 0.0419 e. The Morgan fingerprint density at radius 3 is 2.00 bits per heavy atom. The maximum absolute atomic E-state index is 6.30. The quantitative estimate of drug-likeness (QED) is 0.759. The highest BCUT2D eigenvalue weighted by atomic mass is 35.5. The molecule has 1 aliphatic carbocycles. The lowest BCUT2D eigenvalue weighted by Gasteiger charge is -2.51. The largest absolute Gasteiger partial charge is 0.321 e. The van der Waals surface area contributed by atoms with E-state index in [0.29, 0.717) is 5.41 Å². The summed E-state index contributed by atoms with van der Waals surface area (Å²) >= 11 is 0. The van der Waals surface area contributed by atoms with E-state index in [-0.39, 0.29) is 17.9 Å². The van der Waals surface area contributed by atoms with Crippen molar-refractivity contribution < 1.29 is 0 Å². The van der Waals surface area contributed by atoms with E-state index in [1.165, 1.54) is 5.56 Å². The van der Waals surface area contributed by atoms with Crippen molar-refractivity contribution in [2.75, 3.05) is 0 Å². The summed E-state index contributed by atoms with van der Waals surface area (Å²) in [5.41, 5.74) is 7.97. The number of benzene rings is 1. The highest BCUT2D eigenvalue weighted by Gasteiger charge is 2.47. The predicted octanol–water partition coefficient (Wildman–Crippen LogP) is 3.08. The second kappa shape index (κ2) is 3.56. The summed E-state index contributed by atoms with van der Waals surface area (Å²) in [4.78, 5) is 0. The van der Waals surface area contributed by atoms with Gasteiger partial charge in [-0.05, 0) is 23.8 Å². The molecule has 1 aromatic carbocycles. The van der Waals surface area contributed by atoms with Gasteiger partial charge in [-0.15, -0.1) is 12.4 Å². The molecule has 1 aromatic rings. The Labute approximate surface area is 92.1 Å². The smallest absolute Gasteiger partial charge is 0.0419 e. The van der Waals surface area contributed by atoms with Crippen LogP contribution >= 0.6 is 12.4 Å². The fraction of sp³-hybridized carbons (Fsp3) is 0.500. The van der Waals surface area contributed by atoms with Crippen LogP contribution in [0.1, 0.15) is 32.3 Å². The topological polar surface area (TPSA) is 26.0 Å². The summed E-state index contributed by atoms with van der Waals surface area (Å²) in [6.07, 6.45) is 2.20. The van der Waals surface area contributed by atoms with Crippen molar-refractivity contribution in [3.8, 4) is 0 Å².